The second kappa shape index (κ2) is 5.41. The maximum absolute atomic E-state index is 12.3. The molecule has 3 rings (SSSR count). The van der Waals surface area contributed by atoms with E-state index in [9.17, 15) is 4.79 Å². The molecule has 2 aromatic rings. The zero-order valence-electron chi connectivity index (χ0n) is 11.3. The Kier molecular flexibility index (Phi) is 3.62. The first-order chi connectivity index (χ1) is 9.65. The van der Waals surface area contributed by atoms with E-state index in [0.29, 0.717) is 5.92 Å². The van der Waals surface area contributed by atoms with Crippen molar-refractivity contribution >= 4 is 27.5 Å². The van der Waals surface area contributed by atoms with Crippen molar-refractivity contribution in [2.45, 2.75) is 19.3 Å². The van der Waals surface area contributed by atoms with Gasteiger partial charge in [-0.05, 0) is 58.5 Å². The SMILES string of the molecule is Cc1ccc(NC(=O)[C@H]2C[C@@H]2c2ccccc2)c(Br)c1. The van der Waals surface area contributed by atoms with Gasteiger partial charge < -0.3 is 5.32 Å². The molecule has 0 aliphatic heterocycles. The zero-order chi connectivity index (χ0) is 14.1. The fourth-order valence-corrected chi connectivity index (χ4v) is 3.09. The van der Waals surface area contributed by atoms with Crippen molar-refractivity contribution < 1.29 is 4.79 Å². The van der Waals surface area contributed by atoms with E-state index < -0.39 is 0 Å². The third-order valence-electron chi connectivity index (χ3n) is 3.74. The summed E-state index contributed by atoms with van der Waals surface area (Å²) in [4.78, 5) is 12.3. The number of anilines is 1. The van der Waals surface area contributed by atoms with Crippen LogP contribution in [0.5, 0.6) is 0 Å². The van der Waals surface area contributed by atoms with Gasteiger partial charge in [0.05, 0.1) is 5.69 Å². The number of benzene rings is 2. The number of rotatable bonds is 3. The van der Waals surface area contributed by atoms with E-state index in [1.165, 1.54) is 11.1 Å². The molecule has 3 heteroatoms. The Bertz CT molecular complexity index is 639. The molecular formula is C17H16BrNO. The molecule has 1 N–H and O–H groups in total. The molecule has 0 heterocycles. The molecule has 0 aromatic heterocycles. The number of carbonyl (C=O) groups excluding carboxylic acids is 1. The van der Waals surface area contributed by atoms with Crippen LogP contribution in [0, 0.1) is 12.8 Å². The summed E-state index contributed by atoms with van der Waals surface area (Å²) in [5, 5.41) is 3.01. The van der Waals surface area contributed by atoms with Crippen LogP contribution in [0.3, 0.4) is 0 Å². The average molecular weight is 330 g/mol. The minimum Gasteiger partial charge on any atom is -0.325 e. The van der Waals surface area contributed by atoms with Crippen molar-refractivity contribution in [3.05, 3.63) is 64.1 Å². The molecule has 1 amide bonds. The number of amides is 1. The Balaban J connectivity index is 1.67. The summed E-state index contributed by atoms with van der Waals surface area (Å²) in [5.74, 6) is 0.592. The summed E-state index contributed by atoms with van der Waals surface area (Å²) in [6.07, 6.45) is 0.944. The van der Waals surface area contributed by atoms with Crippen LogP contribution in [0.2, 0.25) is 0 Å². The van der Waals surface area contributed by atoms with Crippen LogP contribution in [0.1, 0.15) is 23.5 Å². The highest BCUT2D eigenvalue weighted by atomic mass is 79.9. The van der Waals surface area contributed by atoms with Gasteiger partial charge in [-0.15, -0.1) is 0 Å². The number of carbonyl (C=O) groups is 1. The van der Waals surface area contributed by atoms with E-state index >= 15 is 0 Å². The lowest BCUT2D eigenvalue weighted by Crippen LogP contribution is -2.14. The number of aryl methyl sites for hydroxylation is 1. The lowest BCUT2D eigenvalue weighted by atomic mass is 10.1. The van der Waals surface area contributed by atoms with Gasteiger partial charge in [0.25, 0.3) is 0 Å². The maximum Gasteiger partial charge on any atom is 0.228 e. The van der Waals surface area contributed by atoms with Crippen LogP contribution in [0.4, 0.5) is 5.69 Å². The Labute approximate surface area is 127 Å². The fourth-order valence-electron chi connectivity index (χ4n) is 2.50. The minimum atomic E-state index is 0.102. The Morgan fingerprint density at radius 1 is 1.20 bits per heavy atom. The monoisotopic (exact) mass is 329 g/mol. The molecule has 0 spiro atoms. The smallest absolute Gasteiger partial charge is 0.228 e. The molecule has 2 aromatic carbocycles. The lowest BCUT2D eigenvalue weighted by molar-refractivity contribution is -0.117. The largest absolute Gasteiger partial charge is 0.325 e. The summed E-state index contributed by atoms with van der Waals surface area (Å²) in [6.45, 7) is 2.03. The average Bonchev–Trinajstić information content (AvgIpc) is 3.23. The number of hydrogen-bond acceptors (Lipinski definition) is 1. The molecule has 1 saturated carbocycles. The highest BCUT2D eigenvalue weighted by Gasteiger charge is 2.43. The predicted octanol–water partition coefficient (Wildman–Crippen LogP) is 4.50. The van der Waals surface area contributed by atoms with Crippen LogP contribution in [-0.4, -0.2) is 5.91 Å². The topological polar surface area (TPSA) is 29.1 Å². The second-order valence-electron chi connectivity index (χ2n) is 5.33. The summed E-state index contributed by atoms with van der Waals surface area (Å²) in [5.41, 5.74) is 3.28. The molecule has 1 aliphatic rings. The summed E-state index contributed by atoms with van der Waals surface area (Å²) in [6, 6.07) is 16.2. The van der Waals surface area contributed by atoms with E-state index in [1.807, 2.05) is 43.3 Å². The standard InChI is InChI=1S/C17H16BrNO/c1-11-7-8-16(15(18)9-11)19-17(20)14-10-13(14)12-5-3-2-4-6-12/h2-9,13-14H,10H2,1H3,(H,19,20)/t13-,14+/m1/s1. The molecule has 0 saturated heterocycles. The van der Waals surface area contributed by atoms with Gasteiger partial charge in [-0.2, -0.15) is 0 Å². The highest BCUT2D eigenvalue weighted by Crippen LogP contribution is 2.48. The molecule has 0 unspecified atom stereocenters. The highest BCUT2D eigenvalue weighted by molar-refractivity contribution is 9.10. The van der Waals surface area contributed by atoms with Crippen LogP contribution in [0.25, 0.3) is 0 Å². The molecule has 0 bridgehead atoms. The molecule has 20 heavy (non-hydrogen) atoms. The van der Waals surface area contributed by atoms with Crippen molar-refractivity contribution in [3.63, 3.8) is 0 Å². The number of nitrogens with one attached hydrogen (secondary N) is 1. The molecular weight excluding hydrogens is 314 g/mol. The molecule has 1 fully saturated rings. The quantitative estimate of drug-likeness (QED) is 0.882. The molecule has 0 radical (unpaired) electrons. The van der Waals surface area contributed by atoms with Gasteiger partial charge in [-0.3, -0.25) is 4.79 Å². The minimum absolute atomic E-state index is 0.102. The van der Waals surface area contributed by atoms with Gasteiger partial charge in [0.1, 0.15) is 0 Å². The van der Waals surface area contributed by atoms with Crippen LogP contribution < -0.4 is 5.32 Å². The van der Waals surface area contributed by atoms with Crippen molar-refractivity contribution in [3.8, 4) is 0 Å². The molecule has 102 valence electrons. The lowest BCUT2D eigenvalue weighted by Gasteiger charge is -2.08. The summed E-state index contributed by atoms with van der Waals surface area (Å²) < 4.78 is 0.933. The van der Waals surface area contributed by atoms with Crippen LogP contribution in [-0.2, 0) is 4.79 Å². The van der Waals surface area contributed by atoms with Crippen LogP contribution >= 0.6 is 15.9 Å². The van der Waals surface area contributed by atoms with Gasteiger partial charge in [-0.1, -0.05) is 36.4 Å². The van der Waals surface area contributed by atoms with Gasteiger partial charge >= 0.3 is 0 Å². The third-order valence-corrected chi connectivity index (χ3v) is 4.39. The number of hydrogen-bond donors (Lipinski definition) is 1. The molecule has 2 atom stereocenters. The Hall–Kier alpha value is -1.61. The first-order valence-corrected chi connectivity index (χ1v) is 7.56. The maximum atomic E-state index is 12.3. The second-order valence-corrected chi connectivity index (χ2v) is 6.19. The van der Waals surface area contributed by atoms with Crippen molar-refractivity contribution in [2.24, 2.45) is 5.92 Å². The van der Waals surface area contributed by atoms with E-state index in [2.05, 4.69) is 33.4 Å². The van der Waals surface area contributed by atoms with E-state index in [1.54, 1.807) is 0 Å². The number of halogens is 1. The van der Waals surface area contributed by atoms with Crippen LogP contribution in [0.15, 0.2) is 53.0 Å². The van der Waals surface area contributed by atoms with Gasteiger partial charge in [0.2, 0.25) is 5.91 Å². The summed E-state index contributed by atoms with van der Waals surface area (Å²) in [7, 11) is 0. The normalized spacial score (nSPS) is 20.5. The predicted molar refractivity (Wildman–Crippen MR) is 84.8 cm³/mol. The van der Waals surface area contributed by atoms with Gasteiger partial charge in [0.15, 0.2) is 0 Å². The van der Waals surface area contributed by atoms with Crippen molar-refractivity contribution in [1.29, 1.82) is 0 Å². The summed E-state index contributed by atoms with van der Waals surface area (Å²) >= 11 is 3.49. The molecule has 2 nitrogen and oxygen atoms in total. The first-order valence-electron chi connectivity index (χ1n) is 6.77. The zero-order valence-corrected chi connectivity index (χ0v) is 12.9. The first kappa shape index (κ1) is 13.4. The van der Waals surface area contributed by atoms with Gasteiger partial charge in [-0.25, -0.2) is 0 Å². The van der Waals surface area contributed by atoms with E-state index in [-0.39, 0.29) is 11.8 Å². The Morgan fingerprint density at radius 3 is 2.65 bits per heavy atom. The fraction of sp³-hybridized carbons (Fsp3) is 0.235. The van der Waals surface area contributed by atoms with Crippen molar-refractivity contribution in [1.82, 2.24) is 0 Å². The Morgan fingerprint density at radius 2 is 1.95 bits per heavy atom. The van der Waals surface area contributed by atoms with Crippen molar-refractivity contribution in [2.75, 3.05) is 5.32 Å². The van der Waals surface area contributed by atoms with E-state index in [4.69, 9.17) is 0 Å². The third kappa shape index (κ3) is 2.78. The molecule has 1 aliphatic carbocycles. The van der Waals surface area contributed by atoms with Gasteiger partial charge in [0, 0.05) is 10.4 Å². The van der Waals surface area contributed by atoms with E-state index in [0.717, 1.165) is 16.6 Å².